The Morgan fingerprint density at radius 3 is 2.71 bits per heavy atom. The number of amides is 1. The maximum atomic E-state index is 12.0. The predicted molar refractivity (Wildman–Crippen MR) is 95.9 cm³/mol. The van der Waals surface area contributed by atoms with Gasteiger partial charge < -0.3 is 14.3 Å². The fraction of sp³-hybridized carbons (Fsp3) is 0.588. The summed E-state index contributed by atoms with van der Waals surface area (Å²) in [6.07, 6.45) is 2.58. The molecule has 2 aromatic heterocycles. The Labute approximate surface area is 147 Å². The molecule has 0 bridgehead atoms. The molecule has 1 atom stereocenters. The van der Waals surface area contributed by atoms with Crippen LogP contribution in [0.3, 0.4) is 0 Å². The van der Waals surface area contributed by atoms with Crippen molar-refractivity contribution in [2.24, 2.45) is 5.92 Å². The zero-order valence-corrected chi connectivity index (χ0v) is 15.8. The van der Waals surface area contributed by atoms with Crippen LogP contribution in [0, 0.1) is 12.8 Å². The zero-order chi connectivity index (χ0) is 17.7. The predicted octanol–water partition coefficient (Wildman–Crippen LogP) is 3.51. The van der Waals surface area contributed by atoms with Gasteiger partial charge in [-0.3, -0.25) is 4.79 Å². The first-order chi connectivity index (χ1) is 11.4. The van der Waals surface area contributed by atoms with Crippen molar-refractivity contribution in [3.05, 3.63) is 18.1 Å². The van der Waals surface area contributed by atoms with Crippen molar-refractivity contribution in [3.8, 4) is 11.4 Å². The third-order valence-electron chi connectivity index (χ3n) is 3.72. The van der Waals surface area contributed by atoms with Crippen molar-refractivity contribution >= 4 is 17.7 Å². The molecule has 0 aliphatic carbocycles. The SMILES string of the molecule is CC[C@@H](C)NC(=O)CSc1nnc(-c2ccoc2C)n1CC(C)C. The van der Waals surface area contributed by atoms with Gasteiger partial charge in [0.05, 0.1) is 17.6 Å². The van der Waals surface area contributed by atoms with Crippen molar-refractivity contribution in [1.29, 1.82) is 0 Å². The van der Waals surface area contributed by atoms with Crippen LogP contribution < -0.4 is 5.32 Å². The molecule has 2 rings (SSSR count). The number of aromatic nitrogens is 3. The number of carbonyl (C=O) groups is 1. The molecule has 132 valence electrons. The second kappa shape index (κ2) is 8.37. The normalized spacial score (nSPS) is 12.6. The Morgan fingerprint density at radius 1 is 1.38 bits per heavy atom. The quantitative estimate of drug-likeness (QED) is 0.738. The lowest BCUT2D eigenvalue weighted by atomic mass is 10.2. The Morgan fingerprint density at radius 2 is 2.12 bits per heavy atom. The summed E-state index contributed by atoms with van der Waals surface area (Å²) in [7, 11) is 0. The van der Waals surface area contributed by atoms with Gasteiger partial charge in [0.1, 0.15) is 5.76 Å². The molecule has 0 aliphatic heterocycles. The van der Waals surface area contributed by atoms with Gasteiger partial charge >= 0.3 is 0 Å². The highest BCUT2D eigenvalue weighted by Crippen LogP contribution is 2.27. The van der Waals surface area contributed by atoms with Crippen molar-refractivity contribution in [3.63, 3.8) is 0 Å². The van der Waals surface area contributed by atoms with Crippen LogP contribution in [0.5, 0.6) is 0 Å². The molecule has 0 unspecified atom stereocenters. The number of carbonyl (C=O) groups excluding carboxylic acids is 1. The molecule has 0 saturated carbocycles. The van der Waals surface area contributed by atoms with Crippen LogP contribution >= 0.6 is 11.8 Å². The number of rotatable bonds is 8. The summed E-state index contributed by atoms with van der Waals surface area (Å²) in [5, 5.41) is 12.4. The van der Waals surface area contributed by atoms with E-state index in [0.717, 1.165) is 35.3 Å². The fourth-order valence-corrected chi connectivity index (χ4v) is 3.05. The molecule has 1 amide bonds. The first-order valence-electron chi connectivity index (χ1n) is 8.32. The fourth-order valence-electron chi connectivity index (χ4n) is 2.29. The van der Waals surface area contributed by atoms with E-state index in [1.165, 1.54) is 11.8 Å². The minimum Gasteiger partial charge on any atom is -0.469 e. The van der Waals surface area contributed by atoms with Crippen LogP contribution in [0.4, 0.5) is 0 Å². The molecular weight excluding hydrogens is 324 g/mol. The third-order valence-corrected chi connectivity index (χ3v) is 4.68. The highest BCUT2D eigenvalue weighted by Gasteiger charge is 2.19. The van der Waals surface area contributed by atoms with Gasteiger partial charge in [-0.25, -0.2) is 0 Å². The van der Waals surface area contributed by atoms with Gasteiger partial charge in [0, 0.05) is 12.6 Å². The Balaban J connectivity index is 2.16. The minimum atomic E-state index is 0.0227. The number of aryl methyl sites for hydroxylation is 1. The van der Waals surface area contributed by atoms with E-state index in [1.807, 2.05) is 19.9 Å². The van der Waals surface area contributed by atoms with Crippen LogP contribution in [0.15, 0.2) is 21.9 Å². The highest BCUT2D eigenvalue weighted by atomic mass is 32.2. The molecule has 0 radical (unpaired) electrons. The van der Waals surface area contributed by atoms with E-state index in [-0.39, 0.29) is 11.9 Å². The number of hydrogen-bond donors (Lipinski definition) is 1. The van der Waals surface area contributed by atoms with Gasteiger partial charge in [0.25, 0.3) is 0 Å². The molecule has 0 aromatic carbocycles. The average molecular weight is 350 g/mol. The second-order valence-electron chi connectivity index (χ2n) is 6.37. The highest BCUT2D eigenvalue weighted by molar-refractivity contribution is 7.99. The van der Waals surface area contributed by atoms with Crippen molar-refractivity contribution in [2.45, 2.75) is 58.8 Å². The number of thioether (sulfide) groups is 1. The number of nitrogens with one attached hydrogen (secondary N) is 1. The van der Waals surface area contributed by atoms with Gasteiger partial charge in [-0.2, -0.15) is 0 Å². The lowest BCUT2D eigenvalue weighted by Gasteiger charge is -2.13. The summed E-state index contributed by atoms with van der Waals surface area (Å²) in [5.74, 6) is 2.42. The molecule has 24 heavy (non-hydrogen) atoms. The average Bonchev–Trinajstić information content (AvgIpc) is 3.10. The Hall–Kier alpha value is -1.76. The molecular formula is C17H26N4O2S. The summed E-state index contributed by atoms with van der Waals surface area (Å²) < 4.78 is 7.46. The summed E-state index contributed by atoms with van der Waals surface area (Å²) >= 11 is 1.42. The van der Waals surface area contributed by atoms with Crippen molar-refractivity contribution in [1.82, 2.24) is 20.1 Å². The first kappa shape index (κ1) is 18.6. The van der Waals surface area contributed by atoms with E-state index < -0.39 is 0 Å². The van der Waals surface area contributed by atoms with E-state index in [4.69, 9.17) is 4.42 Å². The number of hydrogen-bond acceptors (Lipinski definition) is 5. The van der Waals surface area contributed by atoms with Crippen molar-refractivity contribution < 1.29 is 9.21 Å². The van der Waals surface area contributed by atoms with Crippen LogP contribution in [0.2, 0.25) is 0 Å². The molecule has 2 aromatic rings. The molecule has 0 aliphatic rings. The van der Waals surface area contributed by atoms with E-state index in [0.29, 0.717) is 11.7 Å². The number of furan rings is 1. The van der Waals surface area contributed by atoms with Gasteiger partial charge in [0.15, 0.2) is 11.0 Å². The van der Waals surface area contributed by atoms with Crippen LogP contribution in [-0.2, 0) is 11.3 Å². The Kier molecular flexibility index (Phi) is 6.48. The molecule has 2 heterocycles. The molecule has 0 fully saturated rings. The Bertz CT molecular complexity index is 678. The van der Waals surface area contributed by atoms with Gasteiger partial charge in [-0.1, -0.05) is 32.5 Å². The molecule has 0 spiro atoms. The molecule has 7 heteroatoms. The third kappa shape index (κ3) is 4.63. The second-order valence-corrected chi connectivity index (χ2v) is 7.31. The monoisotopic (exact) mass is 350 g/mol. The van der Waals surface area contributed by atoms with E-state index in [1.54, 1.807) is 6.26 Å². The number of nitrogens with zero attached hydrogens (tertiary/aromatic N) is 3. The minimum absolute atomic E-state index is 0.0227. The first-order valence-corrected chi connectivity index (χ1v) is 9.30. The van der Waals surface area contributed by atoms with E-state index in [9.17, 15) is 4.79 Å². The maximum absolute atomic E-state index is 12.0. The summed E-state index contributed by atoms with van der Waals surface area (Å²) in [5.41, 5.74) is 0.944. The topological polar surface area (TPSA) is 73.0 Å². The van der Waals surface area contributed by atoms with E-state index >= 15 is 0 Å². The van der Waals surface area contributed by atoms with Gasteiger partial charge in [-0.15, -0.1) is 10.2 Å². The van der Waals surface area contributed by atoms with Gasteiger partial charge in [-0.05, 0) is 32.3 Å². The molecule has 6 nitrogen and oxygen atoms in total. The largest absolute Gasteiger partial charge is 0.469 e. The zero-order valence-electron chi connectivity index (χ0n) is 15.0. The summed E-state index contributed by atoms with van der Waals surface area (Å²) in [4.78, 5) is 12.0. The standard InChI is InChI=1S/C17H26N4O2S/c1-6-12(4)18-15(22)10-24-17-20-19-16(21(17)9-11(2)3)14-7-8-23-13(14)5/h7-8,11-12H,6,9-10H2,1-5H3,(H,18,22)/t12-/m1/s1. The smallest absolute Gasteiger partial charge is 0.230 e. The maximum Gasteiger partial charge on any atom is 0.230 e. The van der Waals surface area contributed by atoms with Gasteiger partial charge in [0.2, 0.25) is 5.91 Å². The lowest BCUT2D eigenvalue weighted by Crippen LogP contribution is -2.33. The van der Waals surface area contributed by atoms with Crippen molar-refractivity contribution in [2.75, 3.05) is 5.75 Å². The molecule has 1 N–H and O–H groups in total. The molecule has 0 saturated heterocycles. The summed E-state index contributed by atoms with van der Waals surface area (Å²) in [6.45, 7) is 11.1. The van der Waals surface area contributed by atoms with Crippen LogP contribution in [0.1, 0.15) is 39.9 Å². The van der Waals surface area contributed by atoms with Crippen LogP contribution in [-0.4, -0.2) is 32.5 Å². The van der Waals surface area contributed by atoms with Crippen LogP contribution in [0.25, 0.3) is 11.4 Å². The lowest BCUT2D eigenvalue weighted by molar-refractivity contribution is -0.119. The van der Waals surface area contributed by atoms with E-state index in [2.05, 4.69) is 40.9 Å². The summed E-state index contributed by atoms with van der Waals surface area (Å²) in [6, 6.07) is 2.09.